The van der Waals surface area contributed by atoms with E-state index in [1.54, 1.807) is 6.07 Å². The van der Waals surface area contributed by atoms with E-state index < -0.39 is 0 Å². The van der Waals surface area contributed by atoms with Gasteiger partial charge in [0.25, 0.3) is 0 Å². The molecular weight excluding hydrogens is 293 g/mol. The van der Waals surface area contributed by atoms with Crippen molar-refractivity contribution in [2.45, 2.75) is 19.8 Å². The predicted octanol–water partition coefficient (Wildman–Crippen LogP) is 3.18. The molecule has 2 heterocycles. The van der Waals surface area contributed by atoms with Crippen LogP contribution in [0, 0.1) is 5.82 Å². The summed E-state index contributed by atoms with van der Waals surface area (Å²) in [6.45, 7) is 3.51. The van der Waals surface area contributed by atoms with Gasteiger partial charge in [0, 0.05) is 13.1 Å². The van der Waals surface area contributed by atoms with Crippen molar-refractivity contribution in [1.82, 2.24) is 15.0 Å². The number of fused-ring (bicyclic) bond motifs is 1. The van der Waals surface area contributed by atoms with E-state index >= 15 is 0 Å². The Hall–Kier alpha value is -1.95. The van der Waals surface area contributed by atoms with E-state index in [-0.39, 0.29) is 11.1 Å². The third-order valence-electron chi connectivity index (χ3n) is 3.31. The monoisotopic (exact) mass is 307 g/mol. The van der Waals surface area contributed by atoms with Gasteiger partial charge in [-0.15, -0.1) is 0 Å². The van der Waals surface area contributed by atoms with Crippen LogP contribution < -0.4 is 10.2 Å². The first-order valence-electron chi connectivity index (χ1n) is 6.89. The molecule has 0 spiro atoms. The van der Waals surface area contributed by atoms with Gasteiger partial charge in [-0.1, -0.05) is 13.0 Å². The van der Waals surface area contributed by atoms with Crippen LogP contribution in [0.15, 0.2) is 18.2 Å². The van der Waals surface area contributed by atoms with Gasteiger partial charge in [-0.3, -0.25) is 0 Å². The van der Waals surface area contributed by atoms with Crippen molar-refractivity contribution in [3.05, 3.63) is 34.9 Å². The summed E-state index contributed by atoms with van der Waals surface area (Å²) in [5.41, 5.74) is 1.87. The highest BCUT2D eigenvalue weighted by Gasteiger charge is 2.24. The highest BCUT2D eigenvalue weighted by Crippen LogP contribution is 2.33. The highest BCUT2D eigenvalue weighted by molar-refractivity contribution is 6.28. The maximum absolute atomic E-state index is 13.5. The summed E-state index contributed by atoms with van der Waals surface area (Å²) in [7, 11) is 0. The lowest BCUT2D eigenvalue weighted by molar-refractivity contribution is 0.628. The number of anilines is 3. The van der Waals surface area contributed by atoms with Gasteiger partial charge in [-0.25, -0.2) is 4.39 Å². The zero-order valence-corrected chi connectivity index (χ0v) is 12.4. The number of aromatic nitrogens is 3. The number of hydrogen-bond donors (Lipinski definition) is 1. The quantitative estimate of drug-likeness (QED) is 0.940. The molecule has 0 radical (unpaired) electrons. The summed E-state index contributed by atoms with van der Waals surface area (Å²) in [5, 5.41) is 3.22. The van der Waals surface area contributed by atoms with Gasteiger partial charge in [0.05, 0.1) is 5.69 Å². The van der Waals surface area contributed by atoms with Crippen LogP contribution >= 0.6 is 11.6 Å². The molecule has 0 atom stereocenters. The molecule has 0 aliphatic carbocycles. The van der Waals surface area contributed by atoms with Gasteiger partial charge in [0.2, 0.25) is 17.2 Å². The van der Waals surface area contributed by atoms with E-state index in [1.807, 2.05) is 4.90 Å². The van der Waals surface area contributed by atoms with Crippen molar-refractivity contribution in [3.8, 4) is 0 Å². The van der Waals surface area contributed by atoms with Crippen LogP contribution in [0.25, 0.3) is 0 Å². The minimum absolute atomic E-state index is 0.128. The zero-order chi connectivity index (χ0) is 14.8. The van der Waals surface area contributed by atoms with Crippen LogP contribution in [0.5, 0.6) is 0 Å². The molecule has 1 N–H and O–H groups in total. The lowest BCUT2D eigenvalue weighted by atomic mass is 10.2. The topological polar surface area (TPSA) is 53.9 Å². The molecule has 5 nitrogen and oxygen atoms in total. The Kier molecular flexibility index (Phi) is 3.88. The predicted molar refractivity (Wildman–Crippen MR) is 80.7 cm³/mol. The Balaban J connectivity index is 1.95. The van der Waals surface area contributed by atoms with Crippen LogP contribution in [-0.2, 0) is 6.42 Å². The molecular formula is C14H15ClFN5. The fourth-order valence-corrected chi connectivity index (χ4v) is 2.49. The van der Waals surface area contributed by atoms with Crippen molar-refractivity contribution in [2.24, 2.45) is 0 Å². The van der Waals surface area contributed by atoms with Crippen LogP contribution in [0.3, 0.4) is 0 Å². The molecule has 0 saturated carbocycles. The van der Waals surface area contributed by atoms with Gasteiger partial charge < -0.3 is 10.2 Å². The Morgan fingerprint density at radius 2 is 2.19 bits per heavy atom. The lowest BCUT2D eigenvalue weighted by Crippen LogP contribution is -2.18. The number of hydrogen-bond acceptors (Lipinski definition) is 5. The van der Waals surface area contributed by atoms with Crippen molar-refractivity contribution in [1.29, 1.82) is 0 Å². The Morgan fingerprint density at radius 1 is 1.33 bits per heavy atom. The fraction of sp³-hybridized carbons (Fsp3) is 0.357. The SMILES string of the molecule is CCCNc1nc(Cl)nc(N2CCc3ccc(F)cc32)n1. The van der Waals surface area contributed by atoms with Gasteiger partial charge in [0.1, 0.15) is 5.82 Å². The third-order valence-corrected chi connectivity index (χ3v) is 3.48. The minimum Gasteiger partial charge on any atom is -0.354 e. The molecule has 0 bridgehead atoms. The van der Waals surface area contributed by atoms with E-state index in [2.05, 4.69) is 27.2 Å². The molecule has 0 unspecified atom stereocenters. The van der Waals surface area contributed by atoms with Crippen molar-refractivity contribution < 1.29 is 4.39 Å². The standard InChI is InChI=1S/C14H15ClFN5/c1-2-6-17-13-18-12(15)19-14(20-13)21-7-5-9-3-4-10(16)8-11(9)21/h3-4,8H,2,5-7H2,1H3,(H,17,18,19,20). The Morgan fingerprint density at radius 3 is 3.00 bits per heavy atom. The first-order valence-corrected chi connectivity index (χ1v) is 7.26. The molecule has 0 fully saturated rings. The molecule has 7 heteroatoms. The average molecular weight is 308 g/mol. The Labute approximate surface area is 127 Å². The van der Waals surface area contributed by atoms with Crippen molar-refractivity contribution in [2.75, 3.05) is 23.3 Å². The zero-order valence-electron chi connectivity index (χ0n) is 11.6. The molecule has 110 valence electrons. The molecule has 21 heavy (non-hydrogen) atoms. The molecule has 3 rings (SSSR count). The second-order valence-electron chi connectivity index (χ2n) is 4.83. The number of nitrogens with one attached hydrogen (secondary N) is 1. The second-order valence-corrected chi connectivity index (χ2v) is 5.17. The molecule has 1 aliphatic heterocycles. The van der Waals surface area contributed by atoms with E-state index in [0.29, 0.717) is 18.4 Å². The number of halogens is 2. The summed E-state index contributed by atoms with van der Waals surface area (Å²) in [6.07, 6.45) is 1.78. The molecule has 0 saturated heterocycles. The first kappa shape index (κ1) is 14.0. The fourth-order valence-electron chi connectivity index (χ4n) is 2.34. The summed E-state index contributed by atoms with van der Waals surface area (Å²) >= 11 is 5.96. The molecule has 2 aromatic rings. The van der Waals surface area contributed by atoms with Gasteiger partial charge in [0.15, 0.2) is 0 Å². The lowest BCUT2D eigenvalue weighted by Gasteiger charge is -2.17. The van der Waals surface area contributed by atoms with Crippen LogP contribution in [0.4, 0.5) is 22.0 Å². The first-order chi connectivity index (χ1) is 10.2. The normalized spacial score (nSPS) is 13.4. The van der Waals surface area contributed by atoms with Crippen LogP contribution in [-0.4, -0.2) is 28.0 Å². The van der Waals surface area contributed by atoms with Crippen molar-refractivity contribution >= 4 is 29.2 Å². The van der Waals surface area contributed by atoms with E-state index in [1.165, 1.54) is 12.1 Å². The van der Waals surface area contributed by atoms with E-state index in [9.17, 15) is 4.39 Å². The van der Waals surface area contributed by atoms with Gasteiger partial charge in [-0.05, 0) is 42.1 Å². The highest BCUT2D eigenvalue weighted by atomic mass is 35.5. The Bertz CT molecular complexity index is 664. The third kappa shape index (κ3) is 2.90. The van der Waals surface area contributed by atoms with Crippen LogP contribution in [0.2, 0.25) is 5.28 Å². The summed E-state index contributed by atoms with van der Waals surface area (Å²) in [6, 6.07) is 4.76. The average Bonchev–Trinajstić information content (AvgIpc) is 2.87. The van der Waals surface area contributed by atoms with Crippen molar-refractivity contribution in [3.63, 3.8) is 0 Å². The second kappa shape index (κ2) is 5.81. The number of rotatable bonds is 4. The summed E-state index contributed by atoms with van der Waals surface area (Å²) in [5.74, 6) is 0.611. The van der Waals surface area contributed by atoms with E-state index in [0.717, 1.165) is 30.6 Å². The maximum atomic E-state index is 13.5. The van der Waals surface area contributed by atoms with Crippen LogP contribution in [0.1, 0.15) is 18.9 Å². The minimum atomic E-state index is -0.273. The number of benzene rings is 1. The van der Waals surface area contributed by atoms with Gasteiger partial charge in [-0.2, -0.15) is 15.0 Å². The molecule has 0 amide bonds. The summed E-state index contributed by atoms with van der Waals surface area (Å²) < 4.78 is 13.5. The molecule has 1 aromatic heterocycles. The molecule has 1 aromatic carbocycles. The smallest absolute Gasteiger partial charge is 0.236 e. The van der Waals surface area contributed by atoms with Gasteiger partial charge >= 0.3 is 0 Å². The molecule has 1 aliphatic rings. The largest absolute Gasteiger partial charge is 0.354 e. The summed E-state index contributed by atoms with van der Waals surface area (Å²) in [4.78, 5) is 14.4. The van der Waals surface area contributed by atoms with E-state index in [4.69, 9.17) is 11.6 Å². The number of nitrogens with zero attached hydrogens (tertiary/aromatic N) is 4. The maximum Gasteiger partial charge on any atom is 0.236 e.